The van der Waals surface area contributed by atoms with Gasteiger partial charge < -0.3 is 19.7 Å². The number of nitro groups is 1. The second-order valence-electron chi connectivity index (χ2n) is 4.73. The largest absolute Gasteiger partial charge is 0.467 e. The van der Waals surface area contributed by atoms with Crippen LogP contribution in [-0.4, -0.2) is 46.2 Å². The Labute approximate surface area is 119 Å². The molecule has 0 aliphatic heterocycles. The van der Waals surface area contributed by atoms with E-state index in [1.54, 1.807) is 4.57 Å². The van der Waals surface area contributed by atoms with Crippen LogP contribution in [0.15, 0.2) is 12.3 Å². The Morgan fingerprint density at radius 1 is 1.62 bits per heavy atom. The van der Waals surface area contributed by atoms with Crippen molar-refractivity contribution >= 4 is 17.6 Å². The maximum atomic E-state index is 12.0. The molecule has 1 unspecified atom stereocenters. The fraction of sp³-hybridized carbons (Fsp3) is 0.500. The number of methoxy groups -OCH3 is 1. The molecule has 0 saturated heterocycles. The van der Waals surface area contributed by atoms with Crippen molar-refractivity contribution in [3.63, 3.8) is 0 Å². The number of esters is 1. The zero-order chi connectivity index (χ0) is 15.6. The standard InChI is InChI=1S/C12H15N3O6/c1-21-12(18)10(16)5-13-11(17)9-4-8(15(19)20)6-14(9)7-2-3-7/h4,6-7,10,16H,2-3,5H2,1H3,(H,13,17). The lowest BCUT2D eigenvalue weighted by Gasteiger charge is -2.11. The molecule has 2 rings (SSSR count). The summed E-state index contributed by atoms with van der Waals surface area (Å²) in [6.07, 6.45) is 1.56. The number of rotatable bonds is 6. The van der Waals surface area contributed by atoms with Crippen LogP contribution in [0.25, 0.3) is 0 Å². The van der Waals surface area contributed by atoms with Crippen molar-refractivity contribution < 1.29 is 24.4 Å². The van der Waals surface area contributed by atoms with Gasteiger partial charge in [-0.3, -0.25) is 14.9 Å². The van der Waals surface area contributed by atoms with Crippen LogP contribution in [0.3, 0.4) is 0 Å². The van der Waals surface area contributed by atoms with Gasteiger partial charge in [0.15, 0.2) is 6.10 Å². The molecule has 1 aliphatic carbocycles. The molecule has 1 fully saturated rings. The van der Waals surface area contributed by atoms with Crippen molar-refractivity contribution in [2.24, 2.45) is 0 Å². The normalized spacial score (nSPS) is 15.3. The van der Waals surface area contributed by atoms with Gasteiger partial charge in [-0.05, 0) is 12.8 Å². The third-order valence-electron chi connectivity index (χ3n) is 3.15. The van der Waals surface area contributed by atoms with Gasteiger partial charge in [0.05, 0.1) is 24.8 Å². The molecule has 1 aromatic rings. The van der Waals surface area contributed by atoms with Crippen LogP contribution in [-0.2, 0) is 9.53 Å². The average molecular weight is 297 g/mol. The molecule has 9 nitrogen and oxygen atoms in total. The molecule has 114 valence electrons. The number of carbonyl (C=O) groups excluding carboxylic acids is 2. The number of hydrogen-bond donors (Lipinski definition) is 2. The summed E-state index contributed by atoms with van der Waals surface area (Å²) in [6, 6.07) is 1.27. The summed E-state index contributed by atoms with van der Waals surface area (Å²) < 4.78 is 5.88. The van der Waals surface area contributed by atoms with E-state index in [1.807, 2.05) is 0 Å². The highest BCUT2D eigenvalue weighted by atomic mass is 16.6. The van der Waals surface area contributed by atoms with Gasteiger partial charge in [0.2, 0.25) is 0 Å². The van der Waals surface area contributed by atoms with E-state index in [2.05, 4.69) is 10.1 Å². The molecule has 21 heavy (non-hydrogen) atoms. The van der Waals surface area contributed by atoms with Gasteiger partial charge in [-0.1, -0.05) is 0 Å². The number of carbonyl (C=O) groups is 2. The average Bonchev–Trinajstić information content (AvgIpc) is 3.21. The highest BCUT2D eigenvalue weighted by Gasteiger charge is 2.30. The lowest BCUT2D eigenvalue weighted by molar-refractivity contribution is -0.384. The number of amides is 1. The van der Waals surface area contributed by atoms with E-state index in [0.717, 1.165) is 20.0 Å². The van der Waals surface area contributed by atoms with E-state index in [4.69, 9.17) is 0 Å². The summed E-state index contributed by atoms with van der Waals surface area (Å²) in [6.45, 7) is -0.324. The van der Waals surface area contributed by atoms with Crippen LogP contribution in [0, 0.1) is 10.1 Å². The van der Waals surface area contributed by atoms with Crippen LogP contribution in [0.2, 0.25) is 0 Å². The van der Waals surface area contributed by atoms with Gasteiger partial charge in [-0.2, -0.15) is 0 Å². The molecule has 1 saturated carbocycles. The summed E-state index contributed by atoms with van der Waals surface area (Å²) in [4.78, 5) is 33.3. The van der Waals surface area contributed by atoms with Gasteiger partial charge >= 0.3 is 5.97 Å². The summed E-state index contributed by atoms with van der Waals surface area (Å²) in [5, 5.41) is 22.5. The first kappa shape index (κ1) is 15.0. The van der Waals surface area contributed by atoms with Gasteiger partial charge in [0.25, 0.3) is 11.6 Å². The van der Waals surface area contributed by atoms with Crippen molar-refractivity contribution in [3.8, 4) is 0 Å². The molecular formula is C12H15N3O6. The second kappa shape index (κ2) is 5.92. The van der Waals surface area contributed by atoms with E-state index in [9.17, 15) is 24.8 Å². The maximum absolute atomic E-state index is 12.0. The minimum Gasteiger partial charge on any atom is -0.467 e. The van der Waals surface area contributed by atoms with E-state index in [-0.39, 0.29) is 24.0 Å². The lowest BCUT2D eigenvalue weighted by atomic mass is 10.3. The van der Waals surface area contributed by atoms with Crippen LogP contribution < -0.4 is 5.32 Å². The molecule has 0 bridgehead atoms. The molecule has 0 spiro atoms. The third kappa shape index (κ3) is 3.37. The van der Waals surface area contributed by atoms with Gasteiger partial charge in [0.1, 0.15) is 5.69 Å². The number of hydrogen-bond acceptors (Lipinski definition) is 6. The summed E-state index contributed by atoms with van der Waals surface area (Å²) >= 11 is 0. The smallest absolute Gasteiger partial charge is 0.336 e. The minimum atomic E-state index is -1.47. The molecule has 2 N–H and O–H groups in total. The number of nitrogens with one attached hydrogen (secondary N) is 1. The second-order valence-corrected chi connectivity index (χ2v) is 4.73. The molecule has 1 heterocycles. The van der Waals surface area contributed by atoms with E-state index in [1.165, 1.54) is 12.3 Å². The van der Waals surface area contributed by atoms with Gasteiger partial charge in [-0.25, -0.2) is 4.79 Å². The quantitative estimate of drug-likeness (QED) is 0.432. The monoisotopic (exact) mass is 297 g/mol. The zero-order valence-electron chi connectivity index (χ0n) is 11.3. The van der Waals surface area contributed by atoms with Gasteiger partial charge in [-0.15, -0.1) is 0 Å². The Hall–Kier alpha value is -2.42. The Balaban J connectivity index is 2.08. The lowest BCUT2D eigenvalue weighted by Crippen LogP contribution is -2.37. The maximum Gasteiger partial charge on any atom is 0.336 e. The molecule has 1 aliphatic rings. The first-order valence-corrected chi connectivity index (χ1v) is 6.34. The summed E-state index contributed by atoms with van der Waals surface area (Å²) in [5.41, 5.74) is -0.0261. The van der Waals surface area contributed by atoms with Crippen LogP contribution >= 0.6 is 0 Å². The Bertz CT molecular complexity index is 578. The fourth-order valence-corrected chi connectivity index (χ4v) is 1.90. The van der Waals surface area contributed by atoms with E-state index < -0.39 is 22.9 Å². The zero-order valence-corrected chi connectivity index (χ0v) is 11.3. The van der Waals surface area contributed by atoms with Crippen molar-refractivity contribution in [1.29, 1.82) is 0 Å². The van der Waals surface area contributed by atoms with Crippen molar-refractivity contribution in [1.82, 2.24) is 9.88 Å². The molecular weight excluding hydrogens is 282 g/mol. The molecule has 1 aromatic heterocycles. The Morgan fingerprint density at radius 3 is 2.81 bits per heavy atom. The SMILES string of the molecule is COC(=O)C(O)CNC(=O)c1cc([N+](=O)[O-])cn1C1CC1. The van der Waals surface area contributed by atoms with Crippen molar-refractivity contribution in [2.45, 2.75) is 25.0 Å². The minimum absolute atomic E-state index is 0.0879. The summed E-state index contributed by atoms with van der Waals surface area (Å²) in [7, 11) is 1.12. The predicted octanol–water partition coefficient (Wildman–Crippen LogP) is -0.00510. The Kier molecular flexibility index (Phi) is 4.22. The highest BCUT2D eigenvalue weighted by molar-refractivity contribution is 5.94. The topological polar surface area (TPSA) is 124 Å². The van der Waals surface area contributed by atoms with Crippen LogP contribution in [0.4, 0.5) is 5.69 Å². The van der Waals surface area contributed by atoms with Gasteiger partial charge in [0, 0.05) is 12.1 Å². The van der Waals surface area contributed by atoms with Crippen LogP contribution in [0.5, 0.6) is 0 Å². The molecule has 0 radical (unpaired) electrons. The third-order valence-corrected chi connectivity index (χ3v) is 3.15. The first-order valence-electron chi connectivity index (χ1n) is 6.34. The van der Waals surface area contributed by atoms with Crippen molar-refractivity contribution in [3.05, 3.63) is 28.1 Å². The molecule has 0 aromatic carbocycles. The Morgan fingerprint density at radius 2 is 2.29 bits per heavy atom. The van der Waals surface area contributed by atoms with E-state index >= 15 is 0 Å². The molecule has 1 amide bonds. The molecule has 1 atom stereocenters. The van der Waals surface area contributed by atoms with Crippen LogP contribution in [0.1, 0.15) is 29.4 Å². The summed E-state index contributed by atoms with van der Waals surface area (Å²) in [5.74, 6) is -1.45. The number of ether oxygens (including phenoxy) is 1. The first-order chi connectivity index (χ1) is 9.93. The molecule has 9 heteroatoms. The highest BCUT2D eigenvalue weighted by Crippen LogP contribution is 2.37. The predicted molar refractivity (Wildman–Crippen MR) is 69.7 cm³/mol. The number of aromatic nitrogens is 1. The van der Waals surface area contributed by atoms with E-state index in [0.29, 0.717) is 0 Å². The number of nitrogens with zero attached hydrogens (tertiary/aromatic N) is 2. The number of aliphatic hydroxyl groups excluding tert-OH is 1. The number of aliphatic hydroxyl groups is 1. The van der Waals surface area contributed by atoms with Crippen molar-refractivity contribution in [2.75, 3.05) is 13.7 Å². The fourth-order valence-electron chi connectivity index (χ4n) is 1.90.